The van der Waals surface area contributed by atoms with Gasteiger partial charge in [0.15, 0.2) is 0 Å². The van der Waals surface area contributed by atoms with E-state index in [4.69, 9.17) is 9.84 Å². The summed E-state index contributed by atoms with van der Waals surface area (Å²) in [5.74, 6) is 1.81. The van der Waals surface area contributed by atoms with Crippen LogP contribution in [0.2, 0.25) is 0 Å². The van der Waals surface area contributed by atoms with Crippen LogP contribution in [0.3, 0.4) is 0 Å². The maximum Gasteiger partial charge on any atom is 0.416 e. The predicted octanol–water partition coefficient (Wildman–Crippen LogP) is 5.36. The fourth-order valence-corrected chi connectivity index (χ4v) is 5.75. The Morgan fingerprint density at radius 1 is 1.06 bits per heavy atom. The first kappa shape index (κ1) is 21.0. The van der Waals surface area contributed by atoms with Crippen LogP contribution in [-0.4, -0.2) is 47.0 Å². The second-order valence-electron chi connectivity index (χ2n) is 9.55. The van der Waals surface area contributed by atoms with Crippen molar-refractivity contribution >= 4 is 0 Å². The molecule has 2 aromatic rings. The maximum absolute atomic E-state index is 13.2. The minimum Gasteiger partial charge on any atom is -0.380 e. The predicted molar refractivity (Wildman–Crippen MR) is 113 cm³/mol. The van der Waals surface area contributed by atoms with Crippen LogP contribution in [0.4, 0.5) is 13.2 Å². The third-order valence-corrected chi connectivity index (χ3v) is 7.27. The van der Waals surface area contributed by atoms with Gasteiger partial charge in [0.25, 0.3) is 0 Å². The summed E-state index contributed by atoms with van der Waals surface area (Å²) >= 11 is 0. The Hall–Kier alpha value is -1.86. The molecular weight excluding hydrogens is 403 g/mol. The Morgan fingerprint density at radius 3 is 2.55 bits per heavy atom. The van der Waals surface area contributed by atoms with Crippen LogP contribution in [0.15, 0.2) is 30.3 Å². The highest BCUT2D eigenvalue weighted by Gasteiger charge is 2.58. The minimum absolute atomic E-state index is 0.175. The molecule has 3 fully saturated rings. The van der Waals surface area contributed by atoms with E-state index < -0.39 is 11.7 Å². The van der Waals surface area contributed by atoms with Gasteiger partial charge in [-0.15, -0.1) is 0 Å². The van der Waals surface area contributed by atoms with Gasteiger partial charge in [0.1, 0.15) is 0 Å². The van der Waals surface area contributed by atoms with E-state index in [0.29, 0.717) is 35.1 Å². The summed E-state index contributed by atoms with van der Waals surface area (Å²) < 4.78 is 47.1. The normalized spacial score (nSPS) is 29.2. The molecule has 0 spiro atoms. The summed E-state index contributed by atoms with van der Waals surface area (Å²) in [6.45, 7) is 8.02. The van der Waals surface area contributed by atoms with Crippen LogP contribution in [0.1, 0.15) is 56.3 Å². The molecule has 0 radical (unpaired) electrons. The lowest BCUT2D eigenvalue weighted by Crippen LogP contribution is -2.36. The Morgan fingerprint density at radius 2 is 1.84 bits per heavy atom. The number of aromatic nitrogens is 2. The minimum atomic E-state index is -4.35. The molecule has 2 heterocycles. The SMILES string of the molecule is CC(C)n1nc(-c2cccc(C(F)(F)F)c2)cc1C1C2CC(N3CCCOCC3)CC21. The molecule has 4 nitrogen and oxygen atoms in total. The van der Waals surface area contributed by atoms with Crippen LogP contribution in [0.5, 0.6) is 0 Å². The zero-order valence-corrected chi connectivity index (χ0v) is 18.1. The van der Waals surface area contributed by atoms with Crippen molar-refractivity contribution in [1.29, 1.82) is 0 Å². The van der Waals surface area contributed by atoms with Crippen molar-refractivity contribution in [3.8, 4) is 11.3 Å². The molecule has 1 aliphatic heterocycles. The molecule has 31 heavy (non-hydrogen) atoms. The quantitative estimate of drug-likeness (QED) is 0.650. The van der Waals surface area contributed by atoms with E-state index in [0.717, 1.165) is 38.8 Å². The van der Waals surface area contributed by atoms with Crippen molar-refractivity contribution in [2.45, 2.75) is 57.3 Å². The monoisotopic (exact) mass is 433 g/mol. The van der Waals surface area contributed by atoms with Gasteiger partial charge < -0.3 is 4.74 Å². The third-order valence-electron chi connectivity index (χ3n) is 7.27. The van der Waals surface area contributed by atoms with E-state index in [2.05, 4.69) is 18.7 Å². The lowest BCUT2D eigenvalue weighted by atomic mass is 10.0. The molecule has 5 rings (SSSR count). The lowest BCUT2D eigenvalue weighted by molar-refractivity contribution is -0.137. The van der Waals surface area contributed by atoms with Crippen molar-refractivity contribution in [1.82, 2.24) is 14.7 Å². The molecule has 2 atom stereocenters. The van der Waals surface area contributed by atoms with Gasteiger partial charge in [-0.05, 0) is 63.1 Å². The fourth-order valence-electron chi connectivity index (χ4n) is 5.75. The molecule has 1 saturated heterocycles. The van der Waals surface area contributed by atoms with Crippen LogP contribution < -0.4 is 0 Å². The topological polar surface area (TPSA) is 30.3 Å². The van der Waals surface area contributed by atoms with E-state index in [-0.39, 0.29) is 6.04 Å². The summed E-state index contributed by atoms with van der Waals surface area (Å²) in [4.78, 5) is 2.60. The number of fused-ring (bicyclic) bond motifs is 1. The van der Waals surface area contributed by atoms with Gasteiger partial charge in [-0.3, -0.25) is 9.58 Å². The van der Waals surface area contributed by atoms with Crippen molar-refractivity contribution in [3.63, 3.8) is 0 Å². The number of nitrogens with zero attached hydrogens (tertiary/aromatic N) is 3. The number of halogens is 3. The Balaban J connectivity index is 1.35. The van der Waals surface area contributed by atoms with Gasteiger partial charge in [-0.2, -0.15) is 18.3 Å². The van der Waals surface area contributed by atoms with E-state index >= 15 is 0 Å². The number of benzene rings is 1. The fraction of sp³-hybridized carbons (Fsp3) is 0.625. The Labute approximate surface area is 181 Å². The zero-order chi connectivity index (χ0) is 21.8. The third kappa shape index (κ3) is 4.02. The average Bonchev–Trinajstić information content (AvgIpc) is 3.07. The Bertz CT molecular complexity index is 918. The van der Waals surface area contributed by atoms with Gasteiger partial charge in [0.2, 0.25) is 0 Å². The van der Waals surface area contributed by atoms with Gasteiger partial charge in [-0.25, -0.2) is 0 Å². The summed E-state index contributed by atoms with van der Waals surface area (Å²) in [6.07, 6.45) is -0.828. The molecule has 0 N–H and O–H groups in total. The first-order chi connectivity index (χ1) is 14.8. The van der Waals surface area contributed by atoms with Crippen LogP contribution >= 0.6 is 0 Å². The van der Waals surface area contributed by atoms with Crippen molar-refractivity contribution in [3.05, 3.63) is 41.6 Å². The second-order valence-corrected chi connectivity index (χ2v) is 9.55. The molecule has 7 heteroatoms. The first-order valence-corrected chi connectivity index (χ1v) is 11.4. The van der Waals surface area contributed by atoms with Gasteiger partial charge in [0, 0.05) is 49.0 Å². The van der Waals surface area contributed by atoms with E-state index in [1.165, 1.54) is 30.7 Å². The molecule has 1 aromatic carbocycles. The number of ether oxygens (including phenoxy) is 1. The number of alkyl halides is 3. The van der Waals surface area contributed by atoms with E-state index in [1.54, 1.807) is 6.07 Å². The molecule has 168 valence electrons. The molecule has 3 aliphatic rings. The number of hydrogen-bond donors (Lipinski definition) is 0. The number of hydrogen-bond acceptors (Lipinski definition) is 3. The molecular formula is C24H30F3N3O. The second kappa shape index (κ2) is 7.93. The van der Waals surface area contributed by atoms with Crippen LogP contribution in [0.25, 0.3) is 11.3 Å². The number of rotatable bonds is 4. The van der Waals surface area contributed by atoms with E-state index in [1.807, 2.05) is 10.7 Å². The summed E-state index contributed by atoms with van der Waals surface area (Å²) in [5.41, 5.74) is 1.73. The summed E-state index contributed by atoms with van der Waals surface area (Å²) in [7, 11) is 0. The maximum atomic E-state index is 13.2. The lowest BCUT2D eigenvalue weighted by Gasteiger charge is -2.28. The highest BCUT2D eigenvalue weighted by Crippen LogP contribution is 2.64. The largest absolute Gasteiger partial charge is 0.416 e. The Kier molecular flexibility index (Phi) is 5.37. The van der Waals surface area contributed by atoms with Gasteiger partial charge in [0.05, 0.1) is 17.9 Å². The molecule has 0 amide bonds. The van der Waals surface area contributed by atoms with Crippen molar-refractivity contribution < 1.29 is 17.9 Å². The van der Waals surface area contributed by atoms with Crippen molar-refractivity contribution in [2.24, 2.45) is 11.8 Å². The summed E-state index contributed by atoms with van der Waals surface area (Å²) in [6, 6.07) is 8.36. The van der Waals surface area contributed by atoms with Crippen LogP contribution in [0, 0.1) is 11.8 Å². The van der Waals surface area contributed by atoms with Crippen molar-refractivity contribution in [2.75, 3.05) is 26.3 Å². The molecule has 2 aliphatic carbocycles. The standard InChI is InChI=1S/C24H30F3N3O/c1-15(2)30-22(14-21(28-30)16-5-3-6-17(11-16)24(25,26)27)23-19-12-18(13-20(19)23)29-7-4-9-31-10-8-29/h3,5-6,11,14-15,18-20,23H,4,7-10,12-13H2,1-2H3. The molecule has 2 unspecified atom stereocenters. The average molecular weight is 434 g/mol. The van der Waals surface area contributed by atoms with E-state index in [9.17, 15) is 13.2 Å². The molecule has 0 bridgehead atoms. The van der Waals surface area contributed by atoms with Crippen LogP contribution in [-0.2, 0) is 10.9 Å². The molecule has 2 saturated carbocycles. The highest BCUT2D eigenvalue weighted by molar-refractivity contribution is 5.61. The smallest absolute Gasteiger partial charge is 0.380 e. The van der Waals surface area contributed by atoms with Gasteiger partial charge in [-0.1, -0.05) is 12.1 Å². The zero-order valence-electron chi connectivity index (χ0n) is 18.1. The summed E-state index contributed by atoms with van der Waals surface area (Å²) in [5, 5.41) is 4.74. The highest BCUT2D eigenvalue weighted by atomic mass is 19.4. The van der Waals surface area contributed by atoms with Gasteiger partial charge >= 0.3 is 6.18 Å². The first-order valence-electron chi connectivity index (χ1n) is 11.4. The molecule has 1 aromatic heterocycles.